The smallest absolute Gasteiger partial charge is 0.649 e. The van der Waals surface area contributed by atoms with Gasteiger partial charge in [0.25, 0.3) is 5.91 Å². The van der Waals surface area contributed by atoms with Crippen LogP contribution in [0.4, 0.5) is 0 Å². The maximum absolute atomic E-state index is 13.3. The van der Waals surface area contributed by atoms with E-state index in [0.717, 1.165) is 61.9 Å². The van der Waals surface area contributed by atoms with E-state index in [1.807, 2.05) is 41.1 Å². The van der Waals surface area contributed by atoms with Gasteiger partial charge >= 0.3 is 18.9 Å². The second-order valence-corrected chi connectivity index (χ2v) is 12.0. The molecule has 1 aromatic carbocycles. The fourth-order valence-electron chi connectivity index (χ4n) is 5.32. The molecule has 2 aliphatic rings. The first-order valence-electron chi connectivity index (χ1n) is 15.5. The number of methoxy groups -OCH3 is 2. The first-order valence-corrected chi connectivity index (χ1v) is 15.5. The molecule has 4 rings (SSSR count). The van der Waals surface area contributed by atoms with Gasteiger partial charge in [-0.3, -0.25) is 9.59 Å². The molecule has 1 fully saturated rings. The Kier molecular flexibility index (Phi) is 15.7. The van der Waals surface area contributed by atoms with E-state index in [2.05, 4.69) is 30.0 Å². The Balaban J connectivity index is 0.000000827. The quantitative estimate of drug-likeness (QED) is 0.336. The number of carbonyl (C=O) groups excluding carboxylic acids is 3. The summed E-state index contributed by atoms with van der Waals surface area (Å²) in [6.07, 6.45) is 11.9. The van der Waals surface area contributed by atoms with E-state index in [9.17, 15) is 14.4 Å². The maximum Gasteiger partial charge on any atom is 1.00 e. The zero-order chi connectivity index (χ0) is 33.0. The fraction of sp³-hybridized carbons (Fsp3) is 0.486. The number of nitrogens with zero attached hydrogens (tertiary/aromatic N) is 3. The van der Waals surface area contributed by atoms with E-state index in [1.54, 1.807) is 39.9 Å². The predicted octanol–water partition coefficient (Wildman–Crippen LogP) is 2.34. The van der Waals surface area contributed by atoms with Crippen molar-refractivity contribution in [1.82, 2.24) is 20.0 Å². The summed E-state index contributed by atoms with van der Waals surface area (Å²) in [5.74, 6) is 1.19. The van der Waals surface area contributed by atoms with Crippen molar-refractivity contribution in [3.05, 3.63) is 73.3 Å². The third-order valence-electron chi connectivity index (χ3n) is 7.73. The van der Waals surface area contributed by atoms with Crippen molar-refractivity contribution < 1.29 is 47.5 Å². The number of nitrogens with one attached hydrogen (secondary N) is 1. The van der Waals surface area contributed by atoms with E-state index in [1.165, 1.54) is 6.47 Å². The van der Waals surface area contributed by atoms with Gasteiger partial charge in [0.05, 0.1) is 25.5 Å². The monoisotopic (exact) mass is 626 g/mol. The summed E-state index contributed by atoms with van der Waals surface area (Å²) < 4.78 is 17.2. The SMILES string of the molecule is CC(C)(C)O[C-]=O.[CH2-]CN(C[CH2-])C(=O)C1CCC(NC(=O)c2cc3n(n2)/C(c2ccc(OC)c(OC)c2)=C\C=C/CCC3)CC1.[Li+]. The molecule has 0 atom stereocenters. The van der Waals surface area contributed by atoms with Crippen molar-refractivity contribution in [2.45, 2.75) is 77.4 Å². The number of aryl methyl sites for hydroxylation is 1. The molecular formula is C35H47LiN4O6-2. The molecule has 11 heteroatoms. The Morgan fingerprint density at radius 3 is 2.30 bits per heavy atom. The number of benzene rings is 1. The van der Waals surface area contributed by atoms with E-state index < -0.39 is 0 Å². The zero-order valence-corrected chi connectivity index (χ0v) is 28.3. The first kappa shape index (κ1) is 38.7. The molecule has 1 aromatic heterocycles. The van der Waals surface area contributed by atoms with Crippen LogP contribution in [-0.4, -0.2) is 71.9 Å². The van der Waals surface area contributed by atoms with Gasteiger partial charge in [0.15, 0.2) is 17.2 Å². The maximum atomic E-state index is 13.3. The second kappa shape index (κ2) is 18.6. The molecular weight excluding hydrogens is 579 g/mol. The molecule has 0 radical (unpaired) electrons. The van der Waals surface area contributed by atoms with Crippen molar-refractivity contribution in [3.8, 4) is 11.5 Å². The van der Waals surface area contributed by atoms with Crippen LogP contribution in [0, 0.1) is 19.8 Å². The van der Waals surface area contributed by atoms with Crippen LogP contribution in [0.3, 0.4) is 0 Å². The summed E-state index contributed by atoms with van der Waals surface area (Å²) in [6.45, 7) is 15.2. The van der Waals surface area contributed by atoms with Gasteiger partial charge in [-0.25, -0.2) is 4.68 Å². The molecule has 2 amide bonds. The Labute approximate surface area is 286 Å². The van der Waals surface area contributed by atoms with E-state index in [4.69, 9.17) is 14.6 Å². The van der Waals surface area contributed by atoms with Crippen LogP contribution in [0.25, 0.3) is 5.70 Å². The first-order chi connectivity index (χ1) is 21.5. The molecule has 2 aromatic rings. The molecule has 0 spiro atoms. The number of allylic oxidation sites excluding steroid dienone is 3. The topological polar surface area (TPSA) is 112 Å². The van der Waals surface area contributed by atoms with E-state index >= 15 is 0 Å². The van der Waals surface area contributed by atoms with Gasteiger partial charge in [-0.15, -0.1) is 13.1 Å². The van der Waals surface area contributed by atoms with Gasteiger partial charge in [0.2, 0.25) is 5.91 Å². The van der Waals surface area contributed by atoms with Gasteiger partial charge in [0, 0.05) is 23.2 Å². The molecule has 1 aliphatic carbocycles. The minimum Gasteiger partial charge on any atom is -0.649 e. The molecule has 0 unspecified atom stereocenters. The second-order valence-electron chi connectivity index (χ2n) is 12.0. The number of aromatic nitrogens is 2. The van der Waals surface area contributed by atoms with Crippen LogP contribution in [-0.2, 0) is 20.7 Å². The van der Waals surface area contributed by atoms with Gasteiger partial charge in [-0.2, -0.15) is 5.10 Å². The zero-order valence-electron chi connectivity index (χ0n) is 28.3. The number of hydrogen-bond acceptors (Lipinski definition) is 7. The molecule has 2 heterocycles. The molecule has 0 saturated heterocycles. The average molecular weight is 627 g/mol. The molecule has 1 saturated carbocycles. The van der Waals surface area contributed by atoms with Crippen LogP contribution < -0.4 is 33.7 Å². The van der Waals surface area contributed by atoms with Crippen LogP contribution in [0.15, 0.2) is 42.5 Å². The Morgan fingerprint density at radius 2 is 1.74 bits per heavy atom. The van der Waals surface area contributed by atoms with Crippen molar-refractivity contribution >= 4 is 24.0 Å². The predicted molar refractivity (Wildman–Crippen MR) is 174 cm³/mol. The summed E-state index contributed by atoms with van der Waals surface area (Å²) in [5.41, 5.74) is 2.77. The number of fused-ring (bicyclic) bond motifs is 1. The van der Waals surface area contributed by atoms with Gasteiger partial charge < -0.3 is 43.1 Å². The van der Waals surface area contributed by atoms with Gasteiger partial charge in [-0.1, -0.05) is 18.6 Å². The van der Waals surface area contributed by atoms with Crippen molar-refractivity contribution in [3.63, 3.8) is 0 Å². The molecule has 0 bridgehead atoms. The Bertz CT molecular complexity index is 1350. The fourth-order valence-corrected chi connectivity index (χ4v) is 5.32. The summed E-state index contributed by atoms with van der Waals surface area (Å²) in [4.78, 5) is 37.1. The van der Waals surface area contributed by atoms with Crippen LogP contribution >= 0.6 is 0 Å². The van der Waals surface area contributed by atoms with Crippen LogP contribution in [0.1, 0.15) is 81.0 Å². The molecule has 10 nitrogen and oxygen atoms in total. The summed E-state index contributed by atoms with van der Waals surface area (Å²) in [6, 6.07) is 7.68. The van der Waals surface area contributed by atoms with E-state index in [-0.39, 0.29) is 48.2 Å². The third-order valence-corrected chi connectivity index (χ3v) is 7.73. The average Bonchev–Trinajstić information content (AvgIpc) is 3.47. The van der Waals surface area contributed by atoms with Gasteiger partial charge in [0.1, 0.15) is 0 Å². The van der Waals surface area contributed by atoms with Gasteiger partial charge in [-0.05, 0) is 96.1 Å². The summed E-state index contributed by atoms with van der Waals surface area (Å²) >= 11 is 0. The molecule has 246 valence electrons. The van der Waals surface area contributed by atoms with E-state index in [0.29, 0.717) is 30.3 Å². The summed E-state index contributed by atoms with van der Waals surface area (Å²) in [5, 5.41) is 7.92. The largest absolute Gasteiger partial charge is 1.00 e. The normalized spacial score (nSPS) is 19.4. The van der Waals surface area contributed by atoms with Crippen LogP contribution in [0.5, 0.6) is 11.5 Å². The Morgan fingerprint density at radius 1 is 1.07 bits per heavy atom. The molecule has 1 N–H and O–H groups in total. The minimum atomic E-state index is -0.373. The van der Waals surface area contributed by atoms with Crippen molar-refractivity contribution in [1.29, 1.82) is 0 Å². The molecule has 46 heavy (non-hydrogen) atoms. The Hall–Kier alpha value is -3.48. The standard InChI is InChI=1S/C30H38N4O4.C5H9O2.Li/c1-5-33(6-2)30(36)21-13-16-23(17-14-21)31-29(35)25-20-24-11-9-7-8-10-12-26(34(24)32-25)22-15-18-27(37-3)28(19-22)38-4;1-5(2,3)7-4-6;/h8,10,12,15,18-21,23H,1-2,5-7,9,11,13-14,16-17H2,3-4H3,(H,31,35);1-3H3;/q-2;-1;+1/b10-8-,26-12-;;. The van der Waals surface area contributed by atoms with Crippen molar-refractivity contribution in [2.75, 3.05) is 27.3 Å². The number of carbonyl (C=O) groups is 2. The molecule has 1 aliphatic heterocycles. The number of amides is 2. The summed E-state index contributed by atoms with van der Waals surface area (Å²) in [7, 11) is 3.22. The number of hydrogen-bond donors (Lipinski definition) is 1. The van der Waals surface area contributed by atoms with Crippen molar-refractivity contribution in [2.24, 2.45) is 5.92 Å². The van der Waals surface area contributed by atoms with Crippen LogP contribution in [0.2, 0.25) is 0 Å². The third kappa shape index (κ3) is 10.8. The number of rotatable bonds is 9. The number of ether oxygens (including phenoxy) is 3. The minimum absolute atomic E-state index is 0.